The van der Waals surface area contributed by atoms with Crippen molar-refractivity contribution >= 4 is 11.7 Å². The molecule has 2 bridgehead atoms. The molecule has 1 fully saturated rings. The summed E-state index contributed by atoms with van der Waals surface area (Å²) in [7, 11) is 0. The molecule has 0 aromatic heterocycles. The maximum absolute atomic E-state index is 12.8. The number of carbonyl (C=O) groups is 1. The van der Waals surface area contributed by atoms with Crippen LogP contribution >= 0.6 is 0 Å². The second-order valence-electron chi connectivity index (χ2n) is 6.70. The Kier molecular flexibility index (Phi) is 2.92. The number of hydrogen-bond acceptors (Lipinski definition) is 2. The van der Waals surface area contributed by atoms with Gasteiger partial charge < -0.3 is 10.1 Å². The molecule has 1 N–H and O–H groups in total. The molecular weight excluding hydrogens is 288 g/mol. The number of benzene rings is 2. The number of amides is 2. The Morgan fingerprint density at radius 1 is 1.17 bits per heavy atom. The molecule has 2 amide bonds. The lowest BCUT2D eigenvalue weighted by Gasteiger charge is -2.50. The van der Waals surface area contributed by atoms with Crippen molar-refractivity contribution in [2.75, 3.05) is 4.90 Å². The molecule has 0 spiro atoms. The van der Waals surface area contributed by atoms with Crippen LogP contribution in [0.4, 0.5) is 10.5 Å². The van der Waals surface area contributed by atoms with Crippen LogP contribution in [0.25, 0.3) is 0 Å². The average molecular weight is 308 g/mol. The van der Waals surface area contributed by atoms with Crippen molar-refractivity contribution in [2.45, 2.75) is 39.0 Å². The van der Waals surface area contributed by atoms with Gasteiger partial charge in [-0.3, -0.25) is 4.90 Å². The molecule has 0 radical (unpaired) electrons. The average Bonchev–Trinajstić information content (AvgIpc) is 2.47. The van der Waals surface area contributed by atoms with Gasteiger partial charge in [0.2, 0.25) is 0 Å². The first-order valence-corrected chi connectivity index (χ1v) is 7.93. The molecule has 2 aromatic carbocycles. The lowest BCUT2D eigenvalue weighted by Crippen LogP contribution is -2.65. The maximum atomic E-state index is 12.8. The number of rotatable bonds is 1. The second kappa shape index (κ2) is 4.75. The van der Waals surface area contributed by atoms with E-state index in [1.165, 1.54) is 5.56 Å². The highest BCUT2D eigenvalue weighted by molar-refractivity contribution is 5.95. The predicted octanol–water partition coefficient (Wildman–Crippen LogP) is 4.07. The van der Waals surface area contributed by atoms with E-state index in [2.05, 4.69) is 18.3 Å². The highest BCUT2D eigenvalue weighted by atomic mass is 16.5. The summed E-state index contributed by atoms with van der Waals surface area (Å²) in [6, 6.07) is 14.0. The van der Waals surface area contributed by atoms with E-state index in [4.69, 9.17) is 4.74 Å². The number of nitrogens with one attached hydrogen (secondary N) is 1. The summed E-state index contributed by atoms with van der Waals surface area (Å²) >= 11 is 0. The lowest BCUT2D eigenvalue weighted by atomic mass is 9.89. The summed E-state index contributed by atoms with van der Waals surface area (Å²) in [5.41, 5.74) is 3.54. The molecule has 2 aliphatic rings. The fraction of sp³-hybridized carbons (Fsp3) is 0.316. The number of aryl methyl sites for hydroxylation is 2. The van der Waals surface area contributed by atoms with Crippen LogP contribution in [0.5, 0.6) is 5.75 Å². The number of urea groups is 1. The normalized spacial score (nSPS) is 25.4. The van der Waals surface area contributed by atoms with Crippen LogP contribution in [-0.2, 0) is 0 Å². The minimum Gasteiger partial charge on any atom is -0.467 e. The summed E-state index contributed by atoms with van der Waals surface area (Å²) in [4.78, 5) is 14.5. The fourth-order valence-corrected chi connectivity index (χ4v) is 3.65. The Balaban J connectivity index is 1.81. The second-order valence-corrected chi connectivity index (χ2v) is 6.70. The first-order valence-electron chi connectivity index (χ1n) is 7.93. The molecule has 0 unspecified atom stereocenters. The Morgan fingerprint density at radius 2 is 1.96 bits per heavy atom. The third-order valence-corrected chi connectivity index (χ3v) is 4.69. The zero-order valence-corrected chi connectivity index (χ0v) is 13.6. The molecule has 0 aliphatic carbocycles. The molecule has 2 aliphatic heterocycles. The SMILES string of the molecule is Cc1cccc(N2C(=O)N[C@H]3C[C@@]2(C)Oc2ccc(C)cc23)c1. The molecular formula is C19H20N2O2. The molecule has 1 saturated heterocycles. The Hall–Kier alpha value is -2.49. The summed E-state index contributed by atoms with van der Waals surface area (Å²) in [5.74, 6) is 0.854. The quantitative estimate of drug-likeness (QED) is 0.862. The van der Waals surface area contributed by atoms with Crippen molar-refractivity contribution in [1.82, 2.24) is 5.32 Å². The van der Waals surface area contributed by atoms with E-state index in [9.17, 15) is 4.79 Å². The van der Waals surface area contributed by atoms with Crippen LogP contribution < -0.4 is 15.0 Å². The van der Waals surface area contributed by atoms with E-state index in [1.54, 1.807) is 4.90 Å². The van der Waals surface area contributed by atoms with Gasteiger partial charge in [-0.05, 0) is 44.5 Å². The van der Waals surface area contributed by atoms with Crippen molar-refractivity contribution in [3.05, 3.63) is 59.2 Å². The maximum Gasteiger partial charge on any atom is 0.325 e. The van der Waals surface area contributed by atoms with Gasteiger partial charge in [0.05, 0.1) is 6.04 Å². The Morgan fingerprint density at radius 3 is 2.74 bits per heavy atom. The number of carbonyl (C=O) groups excluding carboxylic acids is 1. The number of fused-ring (bicyclic) bond motifs is 4. The zero-order valence-electron chi connectivity index (χ0n) is 13.6. The molecule has 2 atom stereocenters. The van der Waals surface area contributed by atoms with Crippen molar-refractivity contribution in [1.29, 1.82) is 0 Å². The number of ether oxygens (including phenoxy) is 1. The standard InChI is InChI=1S/C19H20N2O2/c1-12-5-4-6-14(9-12)21-18(22)20-16-11-19(21,3)23-17-8-7-13(2)10-15(16)17/h4-10,16H,11H2,1-3H3,(H,20,22)/t16-,19+/m0/s1. The lowest BCUT2D eigenvalue weighted by molar-refractivity contribution is 0.0378. The van der Waals surface area contributed by atoms with Gasteiger partial charge >= 0.3 is 6.03 Å². The van der Waals surface area contributed by atoms with E-state index >= 15 is 0 Å². The van der Waals surface area contributed by atoms with Gasteiger partial charge in [0.1, 0.15) is 5.75 Å². The third kappa shape index (κ3) is 2.17. The van der Waals surface area contributed by atoms with Crippen molar-refractivity contribution in [2.24, 2.45) is 0 Å². The largest absolute Gasteiger partial charge is 0.467 e. The van der Waals surface area contributed by atoms with Crippen molar-refractivity contribution in [3.8, 4) is 5.75 Å². The third-order valence-electron chi connectivity index (χ3n) is 4.69. The molecule has 0 saturated carbocycles. The smallest absolute Gasteiger partial charge is 0.325 e. The minimum absolute atomic E-state index is 0.00258. The van der Waals surface area contributed by atoms with Crippen LogP contribution in [0.1, 0.15) is 36.1 Å². The molecule has 2 heterocycles. The van der Waals surface area contributed by atoms with Gasteiger partial charge in [-0.15, -0.1) is 0 Å². The highest BCUT2D eigenvalue weighted by Crippen LogP contribution is 2.45. The van der Waals surface area contributed by atoms with E-state index in [0.29, 0.717) is 0 Å². The van der Waals surface area contributed by atoms with E-state index in [1.807, 2.05) is 50.2 Å². The van der Waals surface area contributed by atoms with E-state index < -0.39 is 5.72 Å². The summed E-state index contributed by atoms with van der Waals surface area (Å²) in [6.45, 7) is 6.07. The molecule has 2 aromatic rings. The van der Waals surface area contributed by atoms with Gasteiger partial charge in [-0.1, -0.05) is 29.8 Å². The Labute approximate surface area is 136 Å². The monoisotopic (exact) mass is 308 g/mol. The van der Waals surface area contributed by atoms with Crippen LogP contribution in [-0.4, -0.2) is 11.8 Å². The summed E-state index contributed by atoms with van der Waals surface area (Å²) < 4.78 is 6.29. The summed E-state index contributed by atoms with van der Waals surface area (Å²) in [6.07, 6.45) is 0.725. The topological polar surface area (TPSA) is 41.6 Å². The van der Waals surface area contributed by atoms with Gasteiger partial charge in [0, 0.05) is 17.7 Å². The van der Waals surface area contributed by atoms with Crippen LogP contribution in [0.3, 0.4) is 0 Å². The van der Waals surface area contributed by atoms with Gasteiger partial charge in [0.15, 0.2) is 5.72 Å². The summed E-state index contributed by atoms with van der Waals surface area (Å²) in [5, 5.41) is 3.13. The predicted molar refractivity (Wildman–Crippen MR) is 89.8 cm³/mol. The minimum atomic E-state index is -0.678. The zero-order chi connectivity index (χ0) is 16.2. The van der Waals surface area contributed by atoms with Crippen molar-refractivity contribution in [3.63, 3.8) is 0 Å². The molecule has 23 heavy (non-hydrogen) atoms. The molecule has 4 heteroatoms. The Bertz CT molecular complexity index is 802. The van der Waals surface area contributed by atoms with Gasteiger partial charge in [-0.25, -0.2) is 4.79 Å². The first kappa shape index (κ1) is 14.1. The number of nitrogens with zero attached hydrogens (tertiary/aromatic N) is 1. The number of hydrogen-bond donors (Lipinski definition) is 1. The molecule has 4 nitrogen and oxygen atoms in total. The molecule has 4 rings (SSSR count). The van der Waals surface area contributed by atoms with Crippen LogP contribution in [0, 0.1) is 13.8 Å². The highest BCUT2D eigenvalue weighted by Gasteiger charge is 2.49. The first-order chi connectivity index (χ1) is 11.0. The number of anilines is 1. The van der Waals surface area contributed by atoms with E-state index in [-0.39, 0.29) is 12.1 Å². The molecule has 118 valence electrons. The fourth-order valence-electron chi connectivity index (χ4n) is 3.65. The van der Waals surface area contributed by atoms with Crippen LogP contribution in [0.2, 0.25) is 0 Å². The van der Waals surface area contributed by atoms with Crippen LogP contribution in [0.15, 0.2) is 42.5 Å². The van der Waals surface area contributed by atoms with Crippen molar-refractivity contribution < 1.29 is 9.53 Å². The van der Waals surface area contributed by atoms with E-state index in [0.717, 1.165) is 29.0 Å². The van der Waals surface area contributed by atoms with Gasteiger partial charge in [0.25, 0.3) is 0 Å². The van der Waals surface area contributed by atoms with Gasteiger partial charge in [-0.2, -0.15) is 0 Å².